The SMILES string of the molecule is CC(CN)(NC(=O)c1ccc(NCc2ccccc2)c([N+](=O)[O-])c1)C1CC1. The van der Waals surface area contributed by atoms with Crippen LogP contribution in [0.25, 0.3) is 0 Å². The van der Waals surface area contributed by atoms with Crippen molar-refractivity contribution in [2.24, 2.45) is 11.7 Å². The van der Waals surface area contributed by atoms with Crippen molar-refractivity contribution < 1.29 is 9.72 Å². The zero-order chi connectivity index (χ0) is 19.4. The molecule has 4 N–H and O–H groups in total. The first-order valence-electron chi connectivity index (χ1n) is 9.02. The summed E-state index contributed by atoms with van der Waals surface area (Å²) in [4.78, 5) is 23.6. The highest BCUT2D eigenvalue weighted by Gasteiger charge is 2.41. The van der Waals surface area contributed by atoms with Gasteiger partial charge in [0.15, 0.2) is 0 Å². The lowest BCUT2D eigenvalue weighted by atomic mass is 9.95. The fraction of sp³-hybridized carbons (Fsp3) is 0.350. The quantitative estimate of drug-likeness (QED) is 0.490. The van der Waals surface area contributed by atoms with Crippen molar-refractivity contribution in [3.63, 3.8) is 0 Å². The lowest BCUT2D eigenvalue weighted by Crippen LogP contribution is -2.53. The standard InChI is InChI=1S/C20H24N4O3/c1-20(13-21,16-8-9-16)23-19(25)15-7-10-17(18(11-15)24(26)27)22-12-14-5-3-2-4-6-14/h2-7,10-11,16,22H,8-9,12-13,21H2,1H3,(H,23,25). The molecule has 142 valence electrons. The number of rotatable bonds is 8. The maximum Gasteiger partial charge on any atom is 0.293 e. The van der Waals surface area contributed by atoms with Gasteiger partial charge in [-0.25, -0.2) is 0 Å². The zero-order valence-corrected chi connectivity index (χ0v) is 15.3. The predicted octanol–water partition coefficient (Wildman–Crippen LogP) is 3.06. The Morgan fingerprint density at radius 3 is 2.56 bits per heavy atom. The van der Waals surface area contributed by atoms with Gasteiger partial charge in [0.1, 0.15) is 5.69 Å². The molecule has 0 saturated heterocycles. The molecular formula is C20H24N4O3. The average molecular weight is 368 g/mol. The number of carbonyl (C=O) groups excluding carboxylic acids is 1. The topological polar surface area (TPSA) is 110 Å². The third kappa shape index (κ3) is 4.43. The van der Waals surface area contributed by atoms with E-state index < -0.39 is 10.5 Å². The molecule has 0 heterocycles. The van der Waals surface area contributed by atoms with Crippen LogP contribution in [0, 0.1) is 16.0 Å². The molecule has 27 heavy (non-hydrogen) atoms. The fourth-order valence-electron chi connectivity index (χ4n) is 3.14. The largest absolute Gasteiger partial charge is 0.375 e. The molecule has 7 heteroatoms. The molecule has 1 aliphatic rings. The highest BCUT2D eigenvalue weighted by molar-refractivity contribution is 5.96. The normalized spacial score (nSPS) is 15.6. The van der Waals surface area contributed by atoms with Gasteiger partial charge in [0.05, 0.1) is 10.5 Å². The third-order valence-corrected chi connectivity index (χ3v) is 5.08. The monoisotopic (exact) mass is 368 g/mol. The molecule has 2 aromatic carbocycles. The first-order valence-corrected chi connectivity index (χ1v) is 9.02. The number of carbonyl (C=O) groups is 1. The molecular weight excluding hydrogens is 344 g/mol. The Balaban J connectivity index is 1.76. The number of hydrogen-bond donors (Lipinski definition) is 3. The molecule has 0 bridgehead atoms. The number of nitrogens with zero attached hydrogens (tertiary/aromatic N) is 1. The Morgan fingerprint density at radius 2 is 1.96 bits per heavy atom. The van der Waals surface area contributed by atoms with Crippen molar-refractivity contribution in [2.75, 3.05) is 11.9 Å². The first kappa shape index (κ1) is 18.8. The summed E-state index contributed by atoms with van der Waals surface area (Å²) in [6.45, 7) is 2.72. The lowest BCUT2D eigenvalue weighted by Gasteiger charge is -2.29. The summed E-state index contributed by atoms with van der Waals surface area (Å²) >= 11 is 0. The van der Waals surface area contributed by atoms with Gasteiger partial charge in [-0.3, -0.25) is 14.9 Å². The summed E-state index contributed by atoms with van der Waals surface area (Å²) in [6.07, 6.45) is 2.08. The molecule has 1 fully saturated rings. The molecule has 2 aromatic rings. The summed E-state index contributed by atoms with van der Waals surface area (Å²) in [7, 11) is 0. The molecule has 1 unspecified atom stereocenters. The Labute approximate surface area is 158 Å². The van der Waals surface area contributed by atoms with E-state index in [0.717, 1.165) is 18.4 Å². The summed E-state index contributed by atoms with van der Waals surface area (Å²) in [5.41, 5.74) is 6.88. The van der Waals surface area contributed by atoms with E-state index in [0.29, 0.717) is 24.7 Å². The molecule has 0 aliphatic heterocycles. The molecule has 7 nitrogen and oxygen atoms in total. The molecule has 0 aromatic heterocycles. The summed E-state index contributed by atoms with van der Waals surface area (Å²) in [5.74, 6) is 0.0285. The van der Waals surface area contributed by atoms with Crippen LogP contribution < -0.4 is 16.4 Å². The van der Waals surface area contributed by atoms with E-state index in [2.05, 4.69) is 10.6 Å². The third-order valence-electron chi connectivity index (χ3n) is 5.08. The average Bonchev–Trinajstić information content (AvgIpc) is 3.52. The van der Waals surface area contributed by atoms with E-state index >= 15 is 0 Å². The number of nitro groups is 1. The van der Waals surface area contributed by atoms with Crippen molar-refractivity contribution in [2.45, 2.75) is 31.8 Å². The Morgan fingerprint density at radius 1 is 1.26 bits per heavy atom. The van der Waals surface area contributed by atoms with Gasteiger partial charge in [0.25, 0.3) is 11.6 Å². The van der Waals surface area contributed by atoms with E-state index in [1.807, 2.05) is 37.3 Å². The van der Waals surface area contributed by atoms with E-state index in [9.17, 15) is 14.9 Å². The highest BCUT2D eigenvalue weighted by atomic mass is 16.6. The van der Waals surface area contributed by atoms with Crippen LogP contribution in [-0.2, 0) is 6.54 Å². The lowest BCUT2D eigenvalue weighted by molar-refractivity contribution is -0.384. The van der Waals surface area contributed by atoms with Crippen LogP contribution in [0.4, 0.5) is 11.4 Å². The Bertz CT molecular complexity index is 836. The van der Waals surface area contributed by atoms with Crippen LogP contribution in [0.15, 0.2) is 48.5 Å². The number of nitro benzene ring substituents is 1. The van der Waals surface area contributed by atoms with Crippen LogP contribution >= 0.6 is 0 Å². The van der Waals surface area contributed by atoms with E-state index in [-0.39, 0.29) is 17.2 Å². The van der Waals surface area contributed by atoms with Gasteiger partial charge >= 0.3 is 0 Å². The number of benzene rings is 2. The molecule has 1 atom stereocenters. The van der Waals surface area contributed by atoms with Crippen molar-refractivity contribution in [1.29, 1.82) is 0 Å². The minimum Gasteiger partial charge on any atom is -0.375 e. The molecule has 3 rings (SSSR count). The number of hydrogen-bond acceptors (Lipinski definition) is 5. The van der Waals surface area contributed by atoms with Crippen LogP contribution in [0.2, 0.25) is 0 Å². The molecule has 0 radical (unpaired) electrons. The summed E-state index contributed by atoms with van der Waals surface area (Å²) in [5, 5.41) is 17.5. The second-order valence-corrected chi connectivity index (χ2v) is 7.18. The smallest absolute Gasteiger partial charge is 0.293 e. The zero-order valence-electron chi connectivity index (χ0n) is 15.3. The predicted molar refractivity (Wildman–Crippen MR) is 105 cm³/mol. The number of nitrogens with one attached hydrogen (secondary N) is 2. The molecule has 0 spiro atoms. The van der Waals surface area contributed by atoms with Crippen molar-refractivity contribution in [1.82, 2.24) is 5.32 Å². The van der Waals surface area contributed by atoms with Crippen molar-refractivity contribution in [3.05, 3.63) is 69.8 Å². The van der Waals surface area contributed by atoms with Gasteiger partial charge in [0, 0.05) is 24.7 Å². The van der Waals surface area contributed by atoms with Gasteiger partial charge in [-0.2, -0.15) is 0 Å². The number of amides is 1. The second kappa shape index (κ2) is 7.75. The fourth-order valence-corrected chi connectivity index (χ4v) is 3.14. The van der Waals surface area contributed by atoms with Crippen LogP contribution in [0.3, 0.4) is 0 Å². The Hall–Kier alpha value is -2.93. The van der Waals surface area contributed by atoms with E-state index in [1.54, 1.807) is 12.1 Å². The Kier molecular flexibility index (Phi) is 5.41. The minimum atomic E-state index is -0.479. The summed E-state index contributed by atoms with van der Waals surface area (Å²) < 4.78 is 0. The first-order chi connectivity index (χ1) is 12.9. The van der Waals surface area contributed by atoms with Crippen LogP contribution in [-0.4, -0.2) is 22.9 Å². The van der Waals surface area contributed by atoms with Crippen LogP contribution in [0.5, 0.6) is 0 Å². The van der Waals surface area contributed by atoms with Gasteiger partial charge in [0.2, 0.25) is 0 Å². The second-order valence-electron chi connectivity index (χ2n) is 7.18. The number of nitrogens with two attached hydrogens (primary N) is 1. The van der Waals surface area contributed by atoms with Crippen molar-refractivity contribution >= 4 is 17.3 Å². The van der Waals surface area contributed by atoms with E-state index in [1.165, 1.54) is 6.07 Å². The molecule has 1 aliphatic carbocycles. The van der Waals surface area contributed by atoms with Gasteiger partial charge in [-0.15, -0.1) is 0 Å². The van der Waals surface area contributed by atoms with Crippen molar-refractivity contribution in [3.8, 4) is 0 Å². The van der Waals surface area contributed by atoms with E-state index in [4.69, 9.17) is 5.73 Å². The van der Waals surface area contributed by atoms with Gasteiger partial charge < -0.3 is 16.4 Å². The number of anilines is 1. The molecule has 1 saturated carbocycles. The highest BCUT2D eigenvalue weighted by Crippen LogP contribution is 2.39. The maximum atomic E-state index is 12.6. The summed E-state index contributed by atoms with van der Waals surface area (Å²) in [6, 6.07) is 14.1. The maximum absolute atomic E-state index is 12.6. The minimum absolute atomic E-state index is 0.126. The molecule has 1 amide bonds. The van der Waals surface area contributed by atoms with Gasteiger partial charge in [-0.05, 0) is 43.4 Å². The van der Waals surface area contributed by atoms with Crippen LogP contribution in [0.1, 0.15) is 35.7 Å². The van der Waals surface area contributed by atoms with Gasteiger partial charge in [-0.1, -0.05) is 30.3 Å².